The van der Waals surface area contributed by atoms with Gasteiger partial charge in [0.25, 0.3) is 0 Å². The van der Waals surface area contributed by atoms with E-state index in [2.05, 4.69) is 30.3 Å². The second kappa shape index (κ2) is 6.06. The molecule has 1 nitrogen and oxygen atoms in total. The van der Waals surface area contributed by atoms with Crippen molar-refractivity contribution in [2.75, 3.05) is 6.54 Å². The summed E-state index contributed by atoms with van der Waals surface area (Å²) in [7, 11) is 0. The quantitative estimate of drug-likeness (QED) is 0.758. The van der Waals surface area contributed by atoms with Gasteiger partial charge in [-0.3, -0.25) is 0 Å². The average molecular weight is 279 g/mol. The normalized spacial score (nSPS) is 12.5. The maximum Gasteiger partial charge on any atom is 0.123 e. The Morgan fingerprint density at radius 3 is 2.48 bits per heavy atom. The molecule has 1 unspecified atom stereocenters. The van der Waals surface area contributed by atoms with E-state index in [0.717, 1.165) is 12.0 Å². The number of halogens is 1. The van der Waals surface area contributed by atoms with E-state index >= 15 is 0 Å². The molecular formula is C19H18FN. The van der Waals surface area contributed by atoms with Crippen LogP contribution in [0.2, 0.25) is 0 Å². The molecule has 3 rings (SSSR count). The molecule has 0 aromatic heterocycles. The Hall–Kier alpha value is -2.19. The third-order valence-corrected chi connectivity index (χ3v) is 3.95. The second-order valence-electron chi connectivity index (χ2n) is 5.33. The molecule has 0 fully saturated rings. The fourth-order valence-corrected chi connectivity index (χ4v) is 2.83. The average Bonchev–Trinajstić information content (AvgIpc) is 2.52. The van der Waals surface area contributed by atoms with Crippen LogP contribution in [0.3, 0.4) is 0 Å². The summed E-state index contributed by atoms with van der Waals surface area (Å²) in [6.07, 6.45) is 0.821. The van der Waals surface area contributed by atoms with Crippen molar-refractivity contribution in [2.24, 2.45) is 5.73 Å². The van der Waals surface area contributed by atoms with Crippen molar-refractivity contribution >= 4 is 10.8 Å². The van der Waals surface area contributed by atoms with Gasteiger partial charge in [-0.25, -0.2) is 4.39 Å². The van der Waals surface area contributed by atoms with E-state index in [1.807, 2.05) is 18.2 Å². The highest BCUT2D eigenvalue weighted by Gasteiger charge is 2.13. The fraction of sp³-hybridized carbons (Fsp3) is 0.158. The van der Waals surface area contributed by atoms with Gasteiger partial charge in [-0.15, -0.1) is 0 Å². The van der Waals surface area contributed by atoms with Gasteiger partial charge in [0, 0.05) is 5.92 Å². The van der Waals surface area contributed by atoms with Crippen molar-refractivity contribution in [3.8, 4) is 0 Å². The van der Waals surface area contributed by atoms with Crippen LogP contribution < -0.4 is 5.73 Å². The lowest BCUT2D eigenvalue weighted by molar-refractivity contribution is 0.617. The maximum absolute atomic E-state index is 13.4. The monoisotopic (exact) mass is 279 g/mol. The molecule has 2 N–H and O–H groups in total. The molecule has 0 aliphatic carbocycles. The number of fused-ring (bicyclic) bond motifs is 1. The van der Waals surface area contributed by atoms with E-state index in [-0.39, 0.29) is 11.7 Å². The zero-order valence-electron chi connectivity index (χ0n) is 11.8. The van der Waals surface area contributed by atoms with Gasteiger partial charge in [-0.1, -0.05) is 54.6 Å². The molecular weight excluding hydrogens is 261 g/mol. The van der Waals surface area contributed by atoms with Gasteiger partial charge in [-0.2, -0.15) is 0 Å². The molecule has 0 spiro atoms. The number of benzene rings is 3. The van der Waals surface area contributed by atoms with Crippen molar-refractivity contribution in [3.63, 3.8) is 0 Å². The summed E-state index contributed by atoms with van der Waals surface area (Å²) in [5.74, 6) is -0.0737. The minimum atomic E-state index is -0.205. The van der Waals surface area contributed by atoms with E-state index in [9.17, 15) is 4.39 Å². The zero-order chi connectivity index (χ0) is 14.7. The third-order valence-electron chi connectivity index (χ3n) is 3.95. The Morgan fingerprint density at radius 1 is 0.905 bits per heavy atom. The molecule has 3 aromatic carbocycles. The summed E-state index contributed by atoms with van der Waals surface area (Å²) in [6, 6.07) is 21.4. The first-order valence-electron chi connectivity index (χ1n) is 7.20. The lowest BCUT2D eigenvalue weighted by Gasteiger charge is -2.17. The molecule has 1 atom stereocenters. The lowest BCUT2D eigenvalue weighted by Crippen LogP contribution is -2.15. The highest BCUT2D eigenvalue weighted by atomic mass is 19.1. The predicted molar refractivity (Wildman–Crippen MR) is 85.8 cm³/mol. The summed E-state index contributed by atoms with van der Waals surface area (Å²) < 4.78 is 13.4. The van der Waals surface area contributed by atoms with E-state index in [1.54, 1.807) is 12.1 Å². The molecule has 0 radical (unpaired) electrons. The van der Waals surface area contributed by atoms with Crippen molar-refractivity contribution in [1.82, 2.24) is 0 Å². The predicted octanol–water partition coefficient (Wildman–Crippen LogP) is 4.26. The van der Waals surface area contributed by atoms with Gasteiger partial charge in [0.1, 0.15) is 5.82 Å². The molecule has 3 aromatic rings. The number of rotatable bonds is 4. The molecule has 0 bridgehead atoms. The number of hydrogen-bond donors (Lipinski definition) is 1. The van der Waals surface area contributed by atoms with Crippen molar-refractivity contribution in [1.29, 1.82) is 0 Å². The first-order valence-corrected chi connectivity index (χ1v) is 7.20. The Morgan fingerprint density at radius 2 is 1.67 bits per heavy atom. The van der Waals surface area contributed by atoms with Gasteiger partial charge in [-0.05, 0) is 47.0 Å². The summed E-state index contributed by atoms with van der Waals surface area (Å²) in [4.78, 5) is 0. The molecule has 21 heavy (non-hydrogen) atoms. The minimum Gasteiger partial charge on any atom is -0.330 e. The van der Waals surface area contributed by atoms with Gasteiger partial charge in [0.05, 0.1) is 0 Å². The molecule has 0 aliphatic heterocycles. The molecule has 2 heteroatoms. The van der Waals surface area contributed by atoms with Crippen LogP contribution >= 0.6 is 0 Å². The minimum absolute atomic E-state index is 0.131. The lowest BCUT2D eigenvalue weighted by atomic mass is 9.90. The molecule has 0 saturated heterocycles. The SMILES string of the molecule is NCC(Cc1cccc2ccccc12)c1cccc(F)c1. The van der Waals surface area contributed by atoms with E-state index in [4.69, 9.17) is 5.73 Å². The summed E-state index contributed by atoms with van der Waals surface area (Å²) >= 11 is 0. The Kier molecular flexibility index (Phi) is 3.98. The van der Waals surface area contributed by atoms with Gasteiger partial charge in [0.15, 0.2) is 0 Å². The second-order valence-corrected chi connectivity index (χ2v) is 5.33. The maximum atomic E-state index is 13.4. The first-order chi connectivity index (χ1) is 10.3. The smallest absolute Gasteiger partial charge is 0.123 e. The van der Waals surface area contributed by atoms with Crippen LogP contribution in [-0.4, -0.2) is 6.54 Å². The third kappa shape index (κ3) is 2.96. The fourth-order valence-electron chi connectivity index (χ4n) is 2.83. The molecule has 0 amide bonds. The summed E-state index contributed by atoms with van der Waals surface area (Å²) in [6.45, 7) is 0.507. The molecule has 0 aliphatic rings. The van der Waals surface area contributed by atoms with Crippen LogP contribution in [0, 0.1) is 5.82 Å². The summed E-state index contributed by atoms with van der Waals surface area (Å²) in [5, 5.41) is 2.47. The van der Waals surface area contributed by atoms with Crippen LogP contribution in [-0.2, 0) is 6.42 Å². The summed E-state index contributed by atoms with van der Waals surface area (Å²) in [5.41, 5.74) is 8.14. The van der Waals surface area contributed by atoms with E-state index in [0.29, 0.717) is 6.54 Å². The Bertz CT molecular complexity index is 746. The van der Waals surface area contributed by atoms with E-state index < -0.39 is 0 Å². The van der Waals surface area contributed by atoms with Crippen LogP contribution in [0.5, 0.6) is 0 Å². The van der Waals surface area contributed by atoms with Crippen LogP contribution in [0.4, 0.5) is 4.39 Å². The van der Waals surface area contributed by atoms with Gasteiger partial charge in [0.2, 0.25) is 0 Å². The number of hydrogen-bond acceptors (Lipinski definition) is 1. The Labute approximate surface area is 124 Å². The first kappa shape index (κ1) is 13.8. The van der Waals surface area contributed by atoms with Crippen molar-refractivity contribution < 1.29 is 4.39 Å². The Balaban J connectivity index is 1.96. The molecule has 106 valence electrons. The molecule has 0 heterocycles. The standard InChI is InChI=1S/C19H18FN/c20-18-9-4-7-15(12-18)17(13-21)11-16-8-3-6-14-5-1-2-10-19(14)16/h1-10,12,17H,11,13,21H2. The highest BCUT2D eigenvalue weighted by Crippen LogP contribution is 2.25. The largest absolute Gasteiger partial charge is 0.330 e. The number of nitrogens with two attached hydrogens (primary N) is 1. The van der Waals surface area contributed by atoms with Crippen LogP contribution in [0.25, 0.3) is 10.8 Å². The van der Waals surface area contributed by atoms with Crippen molar-refractivity contribution in [3.05, 3.63) is 83.7 Å². The van der Waals surface area contributed by atoms with Crippen molar-refractivity contribution in [2.45, 2.75) is 12.3 Å². The van der Waals surface area contributed by atoms with Gasteiger partial charge < -0.3 is 5.73 Å². The van der Waals surface area contributed by atoms with Gasteiger partial charge >= 0.3 is 0 Å². The zero-order valence-corrected chi connectivity index (χ0v) is 11.8. The van der Waals surface area contributed by atoms with Crippen LogP contribution in [0.1, 0.15) is 17.0 Å². The highest BCUT2D eigenvalue weighted by molar-refractivity contribution is 5.85. The van der Waals surface area contributed by atoms with Crippen LogP contribution in [0.15, 0.2) is 66.7 Å². The molecule has 0 saturated carbocycles. The topological polar surface area (TPSA) is 26.0 Å². The van der Waals surface area contributed by atoms with E-state index in [1.165, 1.54) is 22.4 Å².